The van der Waals surface area contributed by atoms with E-state index >= 15 is 0 Å². The maximum Gasteiger partial charge on any atom is 0.333 e. The molecule has 3 heterocycles. The van der Waals surface area contributed by atoms with E-state index in [0.29, 0.717) is 37.0 Å². The number of ether oxygens (including phenoxy) is 1. The van der Waals surface area contributed by atoms with Gasteiger partial charge in [-0.05, 0) is 68.2 Å². The second-order valence-corrected chi connectivity index (χ2v) is 10.6. The highest BCUT2D eigenvalue weighted by Gasteiger charge is 2.30. The molecule has 0 spiro atoms. The fourth-order valence-corrected chi connectivity index (χ4v) is 6.45. The number of para-hydroxylation sites is 1. The van der Waals surface area contributed by atoms with Crippen molar-refractivity contribution in [2.24, 2.45) is 0 Å². The molecule has 2 aromatic heterocycles. The summed E-state index contributed by atoms with van der Waals surface area (Å²) in [5.41, 5.74) is -0.136. The average molecular weight is 513 g/mol. The Morgan fingerprint density at radius 2 is 1.75 bits per heavy atom. The summed E-state index contributed by atoms with van der Waals surface area (Å²) in [5.74, 6) is 1.55. The monoisotopic (exact) mass is 512 g/mol. The van der Waals surface area contributed by atoms with Crippen molar-refractivity contribution in [2.75, 3.05) is 18.6 Å². The van der Waals surface area contributed by atoms with Crippen molar-refractivity contribution in [3.63, 3.8) is 0 Å². The molecule has 1 saturated carbocycles. The van der Waals surface area contributed by atoms with Crippen molar-refractivity contribution in [2.45, 2.75) is 56.7 Å². The van der Waals surface area contributed by atoms with Crippen molar-refractivity contribution in [3.8, 4) is 5.75 Å². The molecule has 190 valence electrons. The van der Waals surface area contributed by atoms with Crippen LogP contribution in [0, 0.1) is 5.82 Å². The van der Waals surface area contributed by atoms with Gasteiger partial charge >= 0.3 is 5.69 Å². The smallest absolute Gasteiger partial charge is 0.333 e. The Labute approximate surface area is 211 Å². The zero-order chi connectivity index (χ0) is 25.2. The van der Waals surface area contributed by atoms with Gasteiger partial charge in [0.25, 0.3) is 11.5 Å². The third-order valence-electron chi connectivity index (χ3n) is 7.23. The number of aromatic nitrogens is 3. The second kappa shape index (κ2) is 10.5. The molecule has 2 aliphatic rings. The molecule has 1 amide bonds. The summed E-state index contributed by atoms with van der Waals surface area (Å²) in [5, 5.41) is 3.20. The highest BCUT2D eigenvalue weighted by molar-refractivity contribution is 7.99. The van der Waals surface area contributed by atoms with Crippen LogP contribution in [0.25, 0.3) is 11.0 Å². The fourth-order valence-electron chi connectivity index (χ4n) is 5.37. The number of hydrogen-bond donors (Lipinski definition) is 1. The van der Waals surface area contributed by atoms with Crippen LogP contribution in [0.5, 0.6) is 5.75 Å². The van der Waals surface area contributed by atoms with Gasteiger partial charge < -0.3 is 10.1 Å². The number of benzene rings is 1. The highest BCUT2D eigenvalue weighted by atomic mass is 32.2. The molecule has 0 atom stereocenters. The first kappa shape index (κ1) is 24.5. The number of nitrogens with zero attached hydrogens (tertiary/aromatic N) is 3. The predicted octanol–water partition coefficient (Wildman–Crippen LogP) is 3.69. The molecule has 1 aromatic carbocycles. The van der Waals surface area contributed by atoms with Crippen molar-refractivity contribution < 1.29 is 13.9 Å². The molecule has 10 heteroatoms. The van der Waals surface area contributed by atoms with Crippen molar-refractivity contribution >= 4 is 28.7 Å². The lowest BCUT2D eigenvalue weighted by molar-refractivity contribution is 0.0918. The SMILES string of the molecule is COc1ccccc1C(=O)N[C@H]1CC[C@@H](n2c(=O)c3cc(F)cnc3n(C3CCSCC3)c2=O)CC1. The highest BCUT2D eigenvalue weighted by Crippen LogP contribution is 2.30. The first-order valence-electron chi connectivity index (χ1n) is 12.3. The van der Waals surface area contributed by atoms with Gasteiger partial charge in [0.15, 0.2) is 0 Å². The number of hydrogen-bond acceptors (Lipinski definition) is 6. The summed E-state index contributed by atoms with van der Waals surface area (Å²) in [6.07, 6.45) is 5.03. The maximum atomic E-state index is 14.1. The summed E-state index contributed by atoms with van der Waals surface area (Å²) in [7, 11) is 1.53. The molecule has 8 nitrogen and oxygen atoms in total. The van der Waals surface area contributed by atoms with E-state index in [0.717, 1.165) is 30.5 Å². The quantitative estimate of drug-likeness (QED) is 0.560. The lowest BCUT2D eigenvalue weighted by Gasteiger charge is -2.31. The molecule has 0 unspecified atom stereocenters. The molecule has 3 aromatic rings. The Balaban J connectivity index is 1.41. The van der Waals surface area contributed by atoms with Crippen molar-refractivity contribution in [3.05, 3.63) is 68.7 Å². The molecular weight excluding hydrogens is 483 g/mol. The Hall–Kier alpha value is -3.14. The summed E-state index contributed by atoms with van der Waals surface area (Å²) in [4.78, 5) is 44.1. The standard InChI is InChI=1S/C26H29FN4O4S/c1-35-22-5-3-2-4-20(22)24(32)29-17-6-8-18(9-7-17)31-25(33)21-14-16(27)15-28-23(21)30(26(31)34)19-10-12-36-13-11-19/h2-5,14-15,17-19H,6-13H2,1H3,(H,29,32)/t17-,18+. The normalized spacial score (nSPS) is 20.8. The van der Waals surface area contributed by atoms with Gasteiger partial charge in [-0.1, -0.05) is 12.1 Å². The van der Waals surface area contributed by atoms with E-state index in [4.69, 9.17) is 4.74 Å². The number of carbonyl (C=O) groups is 1. The number of carbonyl (C=O) groups excluding carboxylic acids is 1. The summed E-state index contributed by atoms with van der Waals surface area (Å²) in [6, 6.07) is 7.78. The zero-order valence-electron chi connectivity index (χ0n) is 20.1. The van der Waals surface area contributed by atoms with E-state index < -0.39 is 11.4 Å². The van der Waals surface area contributed by atoms with E-state index in [1.165, 1.54) is 17.7 Å². The van der Waals surface area contributed by atoms with Gasteiger partial charge in [-0.3, -0.25) is 18.7 Å². The van der Waals surface area contributed by atoms with Gasteiger partial charge in [-0.2, -0.15) is 11.8 Å². The molecule has 2 fully saturated rings. The third kappa shape index (κ3) is 4.66. The summed E-state index contributed by atoms with van der Waals surface area (Å²) < 4.78 is 22.3. The van der Waals surface area contributed by atoms with Crippen LogP contribution in [0.2, 0.25) is 0 Å². The Morgan fingerprint density at radius 1 is 1.06 bits per heavy atom. The number of rotatable bonds is 5. The number of pyridine rings is 1. The fraction of sp³-hybridized carbons (Fsp3) is 0.462. The average Bonchev–Trinajstić information content (AvgIpc) is 2.90. The van der Waals surface area contributed by atoms with E-state index in [9.17, 15) is 18.8 Å². The van der Waals surface area contributed by atoms with Crippen LogP contribution in [-0.2, 0) is 0 Å². The molecular formula is C26H29FN4O4S. The van der Waals surface area contributed by atoms with Gasteiger partial charge in [-0.15, -0.1) is 0 Å². The number of amides is 1. The second-order valence-electron chi connectivity index (χ2n) is 9.38. The Kier molecular flexibility index (Phi) is 7.13. The van der Waals surface area contributed by atoms with Crippen molar-refractivity contribution in [1.82, 2.24) is 19.4 Å². The maximum absolute atomic E-state index is 14.1. The predicted molar refractivity (Wildman–Crippen MR) is 138 cm³/mol. The van der Waals surface area contributed by atoms with E-state index in [2.05, 4.69) is 10.3 Å². The number of halogens is 1. The minimum atomic E-state index is -0.599. The minimum absolute atomic E-state index is 0.0671. The molecule has 1 aliphatic carbocycles. The Morgan fingerprint density at radius 3 is 2.47 bits per heavy atom. The molecule has 0 bridgehead atoms. The first-order valence-corrected chi connectivity index (χ1v) is 13.5. The number of thioether (sulfide) groups is 1. The van der Waals surface area contributed by atoms with Crippen LogP contribution in [0.1, 0.15) is 61.0 Å². The number of methoxy groups -OCH3 is 1. The first-order chi connectivity index (χ1) is 17.5. The lowest BCUT2D eigenvalue weighted by Crippen LogP contribution is -2.46. The van der Waals surface area contributed by atoms with E-state index in [1.54, 1.807) is 22.8 Å². The molecule has 0 radical (unpaired) electrons. The van der Waals surface area contributed by atoms with Gasteiger partial charge in [0.2, 0.25) is 0 Å². The number of fused-ring (bicyclic) bond motifs is 1. The van der Waals surface area contributed by atoms with E-state index in [-0.39, 0.29) is 40.8 Å². The molecule has 5 rings (SSSR count). The van der Waals surface area contributed by atoms with E-state index in [1.807, 2.05) is 17.8 Å². The summed E-state index contributed by atoms with van der Waals surface area (Å²) in [6.45, 7) is 0. The van der Waals surface area contributed by atoms with Crippen LogP contribution >= 0.6 is 11.8 Å². The largest absolute Gasteiger partial charge is 0.496 e. The van der Waals surface area contributed by atoms with Gasteiger partial charge in [0, 0.05) is 18.1 Å². The minimum Gasteiger partial charge on any atom is -0.496 e. The zero-order valence-corrected chi connectivity index (χ0v) is 20.9. The van der Waals surface area contributed by atoms with Crippen LogP contribution < -0.4 is 21.3 Å². The number of nitrogens with one attached hydrogen (secondary N) is 1. The van der Waals surface area contributed by atoms with Gasteiger partial charge in [-0.25, -0.2) is 14.2 Å². The summed E-state index contributed by atoms with van der Waals surface area (Å²) >= 11 is 1.84. The lowest BCUT2D eigenvalue weighted by atomic mass is 9.90. The topological polar surface area (TPSA) is 95.2 Å². The van der Waals surface area contributed by atoms with Crippen molar-refractivity contribution in [1.29, 1.82) is 0 Å². The Bertz CT molecular complexity index is 1390. The van der Waals surface area contributed by atoms with Gasteiger partial charge in [0.05, 0.1) is 24.3 Å². The molecule has 1 aliphatic heterocycles. The van der Waals surface area contributed by atoms with Crippen LogP contribution in [0.3, 0.4) is 0 Å². The van der Waals surface area contributed by atoms with Crippen LogP contribution in [0.15, 0.2) is 46.1 Å². The van der Waals surface area contributed by atoms with Gasteiger partial charge in [0.1, 0.15) is 17.2 Å². The third-order valence-corrected chi connectivity index (χ3v) is 8.28. The molecule has 1 saturated heterocycles. The molecule has 36 heavy (non-hydrogen) atoms. The molecule has 1 N–H and O–H groups in total. The van der Waals surface area contributed by atoms with Crippen LogP contribution in [0.4, 0.5) is 4.39 Å². The van der Waals surface area contributed by atoms with Crippen LogP contribution in [-0.4, -0.2) is 44.7 Å².